The number of likely N-dealkylation sites (N-methyl/N-ethyl adjacent to an activating group) is 1. The number of alkyl halides is 1. The van der Waals surface area contributed by atoms with Crippen LogP contribution in [0, 0.1) is 0 Å². The van der Waals surface area contributed by atoms with Crippen molar-refractivity contribution in [3.05, 3.63) is 29.3 Å². The summed E-state index contributed by atoms with van der Waals surface area (Å²) < 4.78 is 0. The number of amides is 1. The standard InChI is InChI=1S/C12H14ClN3O/c1-16-5-4-8-2-3-9(15-11(14)7-13)6-10(8)12(16)17/h2-3,6H,4-5,7H2,1H3,(H2,14,15). The number of carbonyl (C=O) groups excluding carboxylic acids is 1. The zero-order valence-corrected chi connectivity index (χ0v) is 10.4. The molecule has 1 aromatic carbocycles. The Bertz CT molecular complexity index is 485. The minimum absolute atomic E-state index is 0.0349. The smallest absolute Gasteiger partial charge is 0.253 e. The molecule has 0 unspecified atom stereocenters. The Kier molecular flexibility index (Phi) is 3.33. The normalized spacial score (nSPS) is 16.0. The first-order chi connectivity index (χ1) is 8.11. The lowest BCUT2D eigenvalue weighted by Gasteiger charge is -2.24. The van der Waals surface area contributed by atoms with Gasteiger partial charge in [-0.2, -0.15) is 0 Å². The van der Waals surface area contributed by atoms with Crippen LogP contribution in [-0.4, -0.2) is 36.1 Å². The van der Waals surface area contributed by atoms with Crippen molar-refractivity contribution in [3.8, 4) is 0 Å². The minimum Gasteiger partial charge on any atom is -0.386 e. The summed E-state index contributed by atoms with van der Waals surface area (Å²) in [5, 5.41) is 0. The average molecular weight is 252 g/mol. The lowest BCUT2D eigenvalue weighted by atomic mass is 9.99. The molecule has 1 aliphatic rings. The van der Waals surface area contributed by atoms with Gasteiger partial charge in [-0.05, 0) is 24.1 Å². The van der Waals surface area contributed by atoms with E-state index < -0.39 is 0 Å². The number of nitrogens with two attached hydrogens (primary N) is 1. The van der Waals surface area contributed by atoms with Gasteiger partial charge in [-0.3, -0.25) is 4.79 Å². The number of fused-ring (bicyclic) bond motifs is 1. The minimum atomic E-state index is 0.0349. The van der Waals surface area contributed by atoms with Gasteiger partial charge >= 0.3 is 0 Å². The van der Waals surface area contributed by atoms with E-state index >= 15 is 0 Å². The van der Waals surface area contributed by atoms with Crippen LogP contribution < -0.4 is 5.73 Å². The highest BCUT2D eigenvalue weighted by Gasteiger charge is 2.21. The van der Waals surface area contributed by atoms with Crippen molar-refractivity contribution < 1.29 is 4.79 Å². The number of carbonyl (C=O) groups is 1. The van der Waals surface area contributed by atoms with E-state index in [4.69, 9.17) is 17.3 Å². The highest BCUT2D eigenvalue weighted by Crippen LogP contribution is 2.23. The molecule has 0 radical (unpaired) electrons. The van der Waals surface area contributed by atoms with Crippen molar-refractivity contribution in [2.24, 2.45) is 10.7 Å². The van der Waals surface area contributed by atoms with E-state index in [-0.39, 0.29) is 11.8 Å². The molecule has 90 valence electrons. The van der Waals surface area contributed by atoms with Gasteiger partial charge in [-0.15, -0.1) is 11.6 Å². The second-order valence-corrected chi connectivity index (χ2v) is 4.32. The maximum Gasteiger partial charge on any atom is 0.253 e. The first-order valence-corrected chi connectivity index (χ1v) is 5.92. The van der Waals surface area contributed by atoms with Crippen molar-refractivity contribution in [1.29, 1.82) is 0 Å². The second kappa shape index (κ2) is 4.75. The Hall–Kier alpha value is -1.55. The third-order valence-electron chi connectivity index (χ3n) is 2.80. The van der Waals surface area contributed by atoms with Gasteiger partial charge in [0.2, 0.25) is 0 Å². The zero-order valence-electron chi connectivity index (χ0n) is 9.61. The van der Waals surface area contributed by atoms with Crippen LogP contribution in [0.2, 0.25) is 0 Å². The number of benzene rings is 1. The molecule has 1 aromatic rings. The summed E-state index contributed by atoms with van der Waals surface area (Å²) in [4.78, 5) is 17.8. The van der Waals surface area contributed by atoms with E-state index in [1.54, 1.807) is 18.0 Å². The predicted octanol–water partition coefficient (Wildman–Crippen LogP) is 1.54. The van der Waals surface area contributed by atoms with Gasteiger partial charge in [0.05, 0.1) is 11.6 Å². The third-order valence-corrected chi connectivity index (χ3v) is 3.07. The number of nitrogens with zero attached hydrogens (tertiary/aromatic N) is 2. The first kappa shape index (κ1) is 11.9. The molecule has 0 bridgehead atoms. The molecule has 0 aliphatic carbocycles. The molecule has 1 amide bonds. The number of amidine groups is 1. The number of hydrogen-bond donors (Lipinski definition) is 1. The van der Waals surface area contributed by atoms with Gasteiger partial charge < -0.3 is 10.6 Å². The average Bonchev–Trinajstić information content (AvgIpc) is 2.34. The topological polar surface area (TPSA) is 58.7 Å². The molecule has 17 heavy (non-hydrogen) atoms. The van der Waals surface area contributed by atoms with Crippen molar-refractivity contribution in [3.63, 3.8) is 0 Å². The molecule has 0 saturated carbocycles. The summed E-state index contributed by atoms with van der Waals surface area (Å²) in [6.45, 7) is 0.762. The molecular formula is C12H14ClN3O. The zero-order chi connectivity index (χ0) is 12.4. The Morgan fingerprint density at radius 3 is 3.06 bits per heavy atom. The third kappa shape index (κ3) is 2.42. The fourth-order valence-corrected chi connectivity index (χ4v) is 1.90. The van der Waals surface area contributed by atoms with E-state index in [1.165, 1.54) is 0 Å². The molecule has 2 rings (SSSR count). The highest BCUT2D eigenvalue weighted by molar-refractivity contribution is 6.28. The summed E-state index contributed by atoms with van der Waals surface area (Å²) in [6, 6.07) is 5.56. The summed E-state index contributed by atoms with van der Waals surface area (Å²) in [6.07, 6.45) is 0.882. The molecule has 2 N–H and O–H groups in total. The van der Waals surface area contributed by atoms with E-state index in [0.29, 0.717) is 17.1 Å². The highest BCUT2D eigenvalue weighted by atomic mass is 35.5. The van der Waals surface area contributed by atoms with Crippen LogP contribution in [0.5, 0.6) is 0 Å². The molecule has 1 heterocycles. The second-order valence-electron chi connectivity index (χ2n) is 4.05. The van der Waals surface area contributed by atoms with Crippen LogP contribution in [-0.2, 0) is 6.42 Å². The summed E-state index contributed by atoms with van der Waals surface area (Å²) in [5.74, 6) is 0.571. The van der Waals surface area contributed by atoms with Crippen LogP contribution in [0.1, 0.15) is 15.9 Å². The molecular weight excluding hydrogens is 238 g/mol. The van der Waals surface area contributed by atoms with Crippen molar-refractivity contribution in [2.45, 2.75) is 6.42 Å². The SMILES string of the molecule is CN1CCc2ccc(N=C(N)CCl)cc2C1=O. The van der Waals surface area contributed by atoms with E-state index in [9.17, 15) is 4.79 Å². The number of rotatable bonds is 2. The number of halogens is 1. The molecule has 0 atom stereocenters. The van der Waals surface area contributed by atoms with Gasteiger partial charge in [0.1, 0.15) is 5.84 Å². The monoisotopic (exact) mass is 251 g/mol. The lowest BCUT2D eigenvalue weighted by Crippen LogP contribution is -2.34. The molecule has 0 saturated heterocycles. The van der Waals surface area contributed by atoms with E-state index in [0.717, 1.165) is 18.5 Å². The van der Waals surface area contributed by atoms with E-state index in [2.05, 4.69) is 4.99 Å². The van der Waals surface area contributed by atoms with Crippen molar-refractivity contribution in [2.75, 3.05) is 19.5 Å². The maximum absolute atomic E-state index is 11.9. The Morgan fingerprint density at radius 1 is 1.59 bits per heavy atom. The Labute approximate surface area is 105 Å². The van der Waals surface area contributed by atoms with Crippen LogP contribution >= 0.6 is 11.6 Å². The summed E-state index contributed by atoms with van der Waals surface area (Å²) >= 11 is 5.57. The molecule has 5 heteroatoms. The number of aliphatic imine (C=N–C) groups is 1. The van der Waals surface area contributed by atoms with Crippen molar-refractivity contribution in [1.82, 2.24) is 4.90 Å². The first-order valence-electron chi connectivity index (χ1n) is 5.39. The van der Waals surface area contributed by atoms with Crippen LogP contribution in [0.25, 0.3) is 0 Å². The van der Waals surface area contributed by atoms with Gasteiger partial charge in [0, 0.05) is 19.2 Å². The largest absolute Gasteiger partial charge is 0.386 e. The molecule has 0 spiro atoms. The molecule has 0 fully saturated rings. The maximum atomic E-state index is 11.9. The Morgan fingerprint density at radius 2 is 2.35 bits per heavy atom. The van der Waals surface area contributed by atoms with Gasteiger partial charge in [0.25, 0.3) is 5.91 Å². The van der Waals surface area contributed by atoms with Crippen molar-refractivity contribution >= 4 is 29.0 Å². The lowest BCUT2D eigenvalue weighted by molar-refractivity contribution is 0.0781. The Balaban J connectivity index is 2.39. The predicted molar refractivity (Wildman–Crippen MR) is 69.1 cm³/mol. The van der Waals surface area contributed by atoms with Crippen LogP contribution in [0.15, 0.2) is 23.2 Å². The molecule has 4 nitrogen and oxygen atoms in total. The van der Waals surface area contributed by atoms with Gasteiger partial charge in [-0.25, -0.2) is 4.99 Å². The fourth-order valence-electron chi connectivity index (χ4n) is 1.84. The number of hydrogen-bond acceptors (Lipinski definition) is 2. The van der Waals surface area contributed by atoms with Gasteiger partial charge in [-0.1, -0.05) is 6.07 Å². The fraction of sp³-hybridized carbons (Fsp3) is 0.333. The van der Waals surface area contributed by atoms with Crippen LogP contribution in [0.4, 0.5) is 5.69 Å². The van der Waals surface area contributed by atoms with Crippen LogP contribution in [0.3, 0.4) is 0 Å². The quantitative estimate of drug-likeness (QED) is 0.492. The molecule has 1 aliphatic heterocycles. The molecule has 0 aromatic heterocycles. The summed E-state index contributed by atoms with van der Waals surface area (Å²) in [7, 11) is 1.80. The van der Waals surface area contributed by atoms with E-state index in [1.807, 2.05) is 12.1 Å². The summed E-state index contributed by atoms with van der Waals surface area (Å²) in [5.41, 5.74) is 8.01. The van der Waals surface area contributed by atoms with Gasteiger partial charge in [0.15, 0.2) is 0 Å².